The van der Waals surface area contributed by atoms with Crippen molar-refractivity contribution in [3.05, 3.63) is 17.7 Å². The molecule has 0 spiro atoms. The summed E-state index contributed by atoms with van der Waals surface area (Å²) in [4.78, 5) is 4.74. The van der Waals surface area contributed by atoms with Crippen molar-refractivity contribution in [3.8, 4) is 17.2 Å². The molecule has 2 aliphatic heterocycles. The minimum atomic E-state index is -0.298. The lowest BCUT2D eigenvalue weighted by atomic mass is 10.1. The number of nitrogens with zero attached hydrogens (tertiary/aromatic N) is 2. The number of hydrogen-bond acceptors (Lipinski definition) is 6. The first-order valence-corrected chi connectivity index (χ1v) is 9.09. The van der Waals surface area contributed by atoms with E-state index in [4.69, 9.17) is 14.2 Å². The smallest absolute Gasteiger partial charge is 0.130 e. The average Bonchev–Trinajstić information content (AvgIpc) is 3.02. The van der Waals surface area contributed by atoms with Crippen molar-refractivity contribution in [1.82, 2.24) is 9.80 Å². The van der Waals surface area contributed by atoms with Crippen LogP contribution in [0.5, 0.6) is 17.2 Å². The second-order valence-electron chi connectivity index (χ2n) is 6.94. The van der Waals surface area contributed by atoms with E-state index in [1.807, 2.05) is 12.1 Å². The fraction of sp³-hybridized carbons (Fsp3) is 0.684. The molecule has 0 bridgehead atoms. The van der Waals surface area contributed by atoms with Gasteiger partial charge in [0.25, 0.3) is 0 Å². The van der Waals surface area contributed by atoms with Crippen LogP contribution < -0.4 is 14.2 Å². The minimum absolute atomic E-state index is 0.232. The second-order valence-corrected chi connectivity index (χ2v) is 6.94. The van der Waals surface area contributed by atoms with E-state index in [2.05, 4.69) is 9.80 Å². The summed E-state index contributed by atoms with van der Waals surface area (Å²) in [5, 5.41) is 10.6. The Morgan fingerprint density at radius 1 is 0.960 bits per heavy atom. The summed E-state index contributed by atoms with van der Waals surface area (Å²) < 4.78 is 16.4. The molecular weight excluding hydrogens is 320 g/mol. The molecule has 1 aromatic carbocycles. The lowest BCUT2D eigenvalue weighted by Gasteiger charge is -2.33. The monoisotopic (exact) mass is 350 g/mol. The van der Waals surface area contributed by atoms with Gasteiger partial charge in [0, 0.05) is 37.8 Å². The molecular formula is C19H30N2O4. The Kier molecular flexibility index (Phi) is 6.04. The van der Waals surface area contributed by atoms with Crippen LogP contribution in [-0.4, -0.2) is 74.6 Å². The molecule has 0 aliphatic carbocycles. The summed E-state index contributed by atoms with van der Waals surface area (Å²) in [5.74, 6) is 2.23. The molecule has 25 heavy (non-hydrogen) atoms. The van der Waals surface area contributed by atoms with Crippen LogP contribution in [-0.2, 0) is 6.54 Å². The van der Waals surface area contributed by atoms with E-state index in [1.54, 1.807) is 21.3 Å². The van der Waals surface area contributed by atoms with E-state index in [9.17, 15) is 5.11 Å². The lowest BCUT2D eigenvalue weighted by Crippen LogP contribution is -2.45. The first-order valence-electron chi connectivity index (χ1n) is 9.09. The SMILES string of the molecule is COc1cc(OC)c(CN2C[C@H](O)[C@@H](N3CCCCC3)C2)c(OC)c1. The summed E-state index contributed by atoms with van der Waals surface area (Å²) in [5.41, 5.74) is 0.997. The van der Waals surface area contributed by atoms with Gasteiger partial charge in [-0.25, -0.2) is 0 Å². The van der Waals surface area contributed by atoms with Crippen LogP contribution in [0.1, 0.15) is 24.8 Å². The number of β-amino-alcohol motifs (C(OH)–C–C–N with tert-alkyl or cyclic N) is 1. The van der Waals surface area contributed by atoms with Gasteiger partial charge in [0.2, 0.25) is 0 Å². The normalized spacial score (nSPS) is 25.1. The zero-order chi connectivity index (χ0) is 17.8. The number of benzene rings is 1. The highest BCUT2D eigenvalue weighted by Gasteiger charge is 2.36. The van der Waals surface area contributed by atoms with Crippen molar-refractivity contribution in [3.63, 3.8) is 0 Å². The number of hydrogen-bond donors (Lipinski definition) is 1. The number of ether oxygens (including phenoxy) is 3. The van der Waals surface area contributed by atoms with E-state index >= 15 is 0 Å². The van der Waals surface area contributed by atoms with Crippen LogP contribution in [0.3, 0.4) is 0 Å². The van der Waals surface area contributed by atoms with Gasteiger partial charge in [0.1, 0.15) is 17.2 Å². The zero-order valence-corrected chi connectivity index (χ0v) is 15.5. The standard InChI is InChI=1S/C19H30N2O4/c1-23-14-9-18(24-2)15(19(10-14)25-3)11-20-12-16(17(22)13-20)21-7-5-4-6-8-21/h9-10,16-17,22H,4-8,11-13H2,1-3H3/t16-,17-/m0/s1. The Bertz CT molecular complexity index is 550. The van der Waals surface area contributed by atoms with Gasteiger partial charge in [-0.05, 0) is 25.9 Å². The zero-order valence-electron chi connectivity index (χ0n) is 15.5. The fourth-order valence-corrected chi connectivity index (χ4v) is 4.04. The van der Waals surface area contributed by atoms with Crippen molar-refractivity contribution < 1.29 is 19.3 Å². The van der Waals surface area contributed by atoms with Gasteiger partial charge in [-0.3, -0.25) is 9.80 Å². The molecule has 0 aromatic heterocycles. The number of likely N-dealkylation sites (tertiary alicyclic amines) is 2. The van der Waals surface area contributed by atoms with Gasteiger partial charge in [-0.1, -0.05) is 6.42 Å². The second kappa shape index (κ2) is 8.25. The molecule has 1 aromatic rings. The maximum atomic E-state index is 10.6. The Balaban J connectivity index is 1.74. The first-order chi connectivity index (χ1) is 12.2. The van der Waals surface area contributed by atoms with Crippen molar-refractivity contribution >= 4 is 0 Å². The average molecular weight is 350 g/mol. The van der Waals surface area contributed by atoms with E-state index in [1.165, 1.54) is 19.3 Å². The molecule has 0 unspecified atom stereocenters. The van der Waals surface area contributed by atoms with Crippen molar-refractivity contribution in [2.45, 2.75) is 38.0 Å². The van der Waals surface area contributed by atoms with Gasteiger partial charge in [-0.2, -0.15) is 0 Å². The quantitative estimate of drug-likeness (QED) is 0.844. The maximum Gasteiger partial charge on any atom is 0.130 e. The Hall–Kier alpha value is -1.50. The molecule has 2 aliphatic rings. The molecule has 0 amide bonds. The van der Waals surface area contributed by atoms with Gasteiger partial charge >= 0.3 is 0 Å². The highest BCUT2D eigenvalue weighted by Crippen LogP contribution is 2.36. The Morgan fingerprint density at radius 2 is 1.60 bits per heavy atom. The van der Waals surface area contributed by atoms with Crippen LogP contribution in [0.25, 0.3) is 0 Å². The van der Waals surface area contributed by atoms with E-state index in [-0.39, 0.29) is 12.1 Å². The first kappa shape index (κ1) is 18.3. The van der Waals surface area contributed by atoms with E-state index < -0.39 is 0 Å². The minimum Gasteiger partial charge on any atom is -0.496 e. The molecule has 6 heteroatoms. The van der Waals surface area contributed by atoms with Crippen molar-refractivity contribution in [1.29, 1.82) is 0 Å². The molecule has 6 nitrogen and oxygen atoms in total. The van der Waals surface area contributed by atoms with Gasteiger partial charge in [-0.15, -0.1) is 0 Å². The number of aliphatic hydroxyl groups is 1. The Labute approximate surface area is 150 Å². The van der Waals surface area contributed by atoms with Gasteiger partial charge in [0.05, 0.1) is 33.0 Å². The predicted octanol–water partition coefficient (Wildman–Crippen LogP) is 1.74. The third-order valence-corrected chi connectivity index (χ3v) is 5.39. The summed E-state index contributed by atoms with van der Waals surface area (Å²) in [6.45, 7) is 4.45. The predicted molar refractivity (Wildman–Crippen MR) is 96.6 cm³/mol. The molecule has 2 atom stereocenters. The summed E-state index contributed by atoms with van der Waals surface area (Å²) in [7, 11) is 4.95. The summed E-state index contributed by atoms with van der Waals surface area (Å²) >= 11 is 0. The number of aliphatic hydroxyl groups excluding tert-OH is 1. The van der Waals surface area contributed by atoms with Crippen molar-refractivity contribution in [2.75, 3.05) is 47.5 Å². The summed E-state index contributed by atoms with van der Waals surface area (Å²) in [6, 6.07) is 3.99. The molecule has 0 radical (unpaired) electrons. The van der Waals surface area contributed by atoms with Crippen LogP contribution in [0.15, 0.2) is 12.1 Å². The Morgan fingerprint density at radius 3 is 2.16 bits per heavy atom. The summed E-state index contributed by atoms with van der Waals surface area (Å²) in [6.07, 6.45) is 3.49. The molecule has 2 saturated heterocycles. The van der Waals surface area contributed by atoms with Crippen LogP contribution in [0.2, 0.25) is 0 Å². The van der Waals surface area contributed by atoms with Gasteiger partial charge in [0.15, 0.2) is 0 Å². The molecule has 0 saturated carbocycles. The van der Waals surface area contributed by atoms with Crippen LogP contribution in [0.4, 0.5) is 0 Å². The van der Waals surface area contributed by atoms with Crippen LogP contribution >= 0.6 is 0 Å². The lowest BCUT2D eigenvalue weighted by molar-refractivity contribution is 0.0706. The number of rotatable bonds is 6. The third kappa shape index (κ3) is 4.02. The van der Waals surface area contributed by atoms with E-state index in [0.717, 1.165) is 36.7 Å². The highest BCUT2D eigenvalue weighted by molar-refractivity contribution is 5.50. The molecule has 3 rings (SSSR count). The highest BCUT2D eigenvalue weighted by atomic mass is 16.5. The molecule has 1 N–H and O–H groups in total. The molecule has 140 valence electrons. The van der Waals surface area contributed by atoms with E-state index in [0.29, 0.717) is 18.8 Å². The third-order valence-electron chi connectivity index (χ3n) is 5.39. The molecule has 2 heterocycles. The largest absolute Gasteiger partial charge is 0.496 e. The van der Waals surface area contributed by atoms with Crippen LogP contribution in [0, 0.1) is 0 Å². The number of methoxy groups -OCH3 is 3. The fourth-order valence-electron chi connectivity index (χ4n) is 4.04. The topological polar surface area (TPSA) is 54.4 Å². The maximum absolute atomic E-state index is 10.6. The van der Waals surface area contributed by atoms with Gasteiger partial charge < -0.3 is 19.3 Å². The molecule has 2 fully saturated rings. The van der Waals surface area contributed by atoms with Crippen molar-refractivity contribution in [2.24, 2.45) is 0 Å². The number of piperidine rings is 1.